The molecule has 8 heteroatoms. The van der Waals surface area contributed by atoms with Crippen molar-refractivity contribution >= 4 is 17.8 Å². The van der Waals surface area contributed by atoms with Crippen LogP contribution in [0.1, 0.15) is 86.0 Å². The summed E-state index contributed by atoms with van der Waals surface area (Å²) in [5.41, 5.74) is -1.98. The van der Waals surface area contributed by atoms with Crippen molar-refractivity contribution in [2.45, 2.75) is 115 Å². The van der Waals surface area contributed by atoms with Crippen LogP contribution in [-0.2, 0) is 23.9 Å². The first-order valence-corrected chi connectivity index (χ1v) is 14.9. The van der Waals surface area contributed by atoms with Gasteiger partial charge in [-0.25, -0.2) is 0 Å². The Hall–Kier alpha value is -2.19. The summed E-state index contributed by atoms with van der Waals surface area (Å²) in [6, 6.07) is -1.53. The number of carbonyl (C=O) groups is 3. The van der Waals surface area contributed by atoms with Crippen molar-refractivity contribution in [1.82, 2.24) is 9.80 Å². The first-order chi connectivity index (χ1) is 18.6. The molecule has 220 valence electrons. The molecule has 1 spiro atoms. The van der Waals surface area contributed by atoms with E-state index in [4.69, 9.17) is 9.47 Å². The second-order valence-electron chi connectivity index (χ2n) is 12.1. The third-order valence-electron chi connectivity index (χ3n) is 9.10. The van der Waals surface area contributed by atoms with Gasteiger partial charge in [0.15, 0.2) is 0 Å². The first kappa shape index (κ1) is 31.3. The van der Waals surface area contributed by atoms with Gasteiger partial charge in [-0.1, -0.05) is 46.3 Å². The van der Waals surface area contributed by atoms with Crippen LogP contribution in [0.25, 0.3) is 0 Å². The molecule has 8 nitrogen and oxygen atoms in total. The zero-order valence-corrected chi connectivity index (χ0v) is 24.7. The number of carbonyl (C=O) groups excluding carboxylic acids is 3. The Morgan fingerprint density at radius 1 is 1.23 bits per heavy atom. The molecule has 0 saturated carbocycles. The van der Waals surface area contributed by atoms with Crippen LogP contribution in [0.4, 0.5) is 0 Å². The number of unbranched alkanes of at least 4 members (excludes halogenated alkanes) is 1. The summed E-state index contributed by atoms with van der Waals surface area (Å²) >= 11 is 0. The first-order valence-electron chi connectivity index (χ1n) is 14.9. The standard InChI is InChI=1S/C31H50N2O6/c1-8-12-13-18-38-29(37)25-24-27(35)33(23(20-34)19-21(5)6)26(31(24)16-15-30(25,11-4)39-31)28(36)32(17-10-3)22(7)14-9-2/h8,10,21-26,34H,1,3,9,11-20H2,2,4-7H3/t22?,23-,24+,25+,26?,30-,31?/m1/s1. The highest BCUT2D eigenvalue weighted by Crippen LogP contribution is 2.65. The largest absolute Gasteiger partial charge is 0.465 e. The van der Waals surface area contributed by atoms with E-state index in [-0.39, 0.29) is 37.0 Å². The van der Waals surface area contributed by atoms with E-state index >= 15 is 0 Å². The van der Waals surface area contributed by atoms with E-state index in [1.807, 2.05) is 27.7 Å². The van der Waals surface area contributed by atoms with Gasteiger partial charge in [0.05, 0.1) is 30.8 Å². The van der Waals surface area contributed by atoms with Crippen LogP contribution >= 0.6 is 0 Å². The van der Waals surface area contributed by atoms with Gasteiger partial charge in [-0.3, -0.25) is 14.4 Å². The van der Waals surface area contributed by atoms with E-state index in [2.05, 4.69) is 20.1 Å². The molecule has 0 aromatic carbocycles. The number of allylic oxidation sites excluding steroid dienone is 1. The summed E-state index contributed by atoms with van der Waals surface area (Å²) in [4.78, 5) is 46.0. The Balaban J connectivity index is 2.11. The fourth-order valence-corrected chi connectivity index (χ4v) is 7.35. The normalized spacial score (nSPS) is 30.8. The lowest BCUT2D eigenvalue weighted by atomic mass is 9.65. The maximum Gasteiger partial charge on any atom is 0.312 e. The fourth-order valence-electron chi connectivity index (χ4n) is 7.35. The molecule has 0 aliphatic carbocycles. The molecule has 3 saturated heterocycles. The Morgan fingerprint density at radius 3 is 2.51 bits per heavy atom. The van der Waals surface area contributed by atoms with Crippen LogP contribution in [0.2, 0.25) is 0 Å². The van der Waals surface area contributed by atoms with Crippen molar-refractivity contribution in [3.8, 4) is 0 Å². The Kier molecular flexibility index (Phi) is 10.4. The number of amides is 2. The predicted octanol–water partition coefficient (Wildman–Crippen LogP) is 4.26. The van der Waals surface area contributed by atoms with Gasteiger partial charge >= 0.3 is 5.97 Å². The van der Waals surface area contributed by atoms with Crippen molar-refractivity contribution in [2.24, 2.45) is 17.8 Å². The van der Waals surface area contributed by atoms with Gasteiger partial charge in [0.1, 0.15) is 17.6 Å². The SMILES string of the molecule is C=CCCCOC(=O)[C@@H]1[C@H]2C(=O)N([C@@H](CO)CC(C)C)C(C(=O)N(CC=C)C(C)CCC)C23CC[C@@]1(CC)O3. The quantitative estimate of drug-likeness (QED) is 0.177. The van der Waals surface area contributed by atoms with Gasteiger partial charge in [-0.2, -0.15) is 0 Å². The van der Waals surface area contributed by atoms with Crippen LogP contribution in [0.5, 0.6) is 0 Å². The van der Waals surface area contributed by atoms with Crippen molar-refractivity contribution in [1.29, 1.82) is 0 Å². The average Bonchev–Trinajstić information content (AvgIpc) is 3.51. The molecule has 3 rings (SSSR count). The lowest BCUT2D eigenvalue weighted by molar-refractivity contribution is -0.164. The van der Waals surface area contributed by atoms with Crippen molar-refractivity contribution in [3.63, 3.8) is 0 Å². The number of ether oxygens (including phenoxy) is 2. The molecule has 2 bridgehead atoms. The second kappa shape index (κ2) is 13.0. The van der Waals surface area contributed by atoms with Crippen molar-refractivity contribution in [2.75, 3.05) is 19.8 Å². The lowest BCUT2D eigenvalue weighted by Crippen LogP contribution is -2.60. The Morgan fingerprint density at radius 2 is 1.95 bits per heavy atom. The maximum absolute atomic E-state index is 14.5. The summed E-state index contributed by atoms with van der Waals surface area (Å²) in [5.74, 6) is -2.32. The van der Waals surface area contributed by atoms with Gasteiger partial charge in [-0.05, 0) is 57.8 Å². The second-order valence-corrected chi connectivity index (χ2v) is 12.1. The van der Waals surface area contributed by atoms with E-state index in [1.165, 1.54) is 0 Å². The minimum atomic E-state index is -1.13. The number of nitrogens with zero attached hydrogens (tertiary/aromatic N) is 2. The zero-order chi connectivity index (χ0) is 29.0. The molecule has 0 radical (unpaired) electrons. The minimum Gasteiger partial charge on any atom is -0.465 e. The predicted molar refractivity (Wildman–Crippen MR) is 151 cm³/mol. The highest BCUT2D eigenvalue weighted by molar-refractivity contribution is 5.99. The number of rotatable bonds is 16. The summed E-state index contributed by atoms with van der Waals surface area (Å²) in [6.07, 6.45) is 8.77. The molecule has 3 aliphatic heterocycles. The van der Waals surface area contributed by atoms with E-state index in [9.17, 15) is 19.5 Å². The number of likely N-dealkylation sites (tertiary alicyclic amines) is 1. The van der Waals surface area contributed by atoms with Crippen LogP contribution < -0.4 is 0 Å². The summed E-state index contributed by atoms with van der Waals surface area (Å²) in [6.45, 7) is 18.1. The van der Waals surface area contributed by atoms with Gasteiger partial charge in [0.25, 0.3) is 0 Å². The number of fused-ring (bicyclic) bond motifs is 1. The van der Waals surface area contributed by atoms with E-state index in [0.29, 0.717) is 38.6 Å². The molecule has 0 aromatic heterocycles. The average molecular weight is 547 g/mol. The number of aliphatic hydroxyl groups excluding tert-OH is 1. The summed E-state index contributed by atoms with van der Waals surface area (Å²) < 4.78 is 12.6. The molecule has 3 aliphatic rings. The highest BCUT2D eigenvalue weighted by atomic mass is 16.6. The molecule has 3 heterocycles. The number of hydrogen-bond donors (Lipinski definition) is 1. The topological polar surface area (TPSA) is 96.4 Å². The van der Waals surface area contributed by atoms with Gasteiger partial charge < -0.3 is 24.4 Å². The third kappa shape index (κ3) is 5.56. The monoisotopic (exact) mass is 546 g/mol. The minimum absolute atomic E-state index is 0.0602. The van der Waals surface area contributed by atoms with Crippen molar-refractivity contribution < 1.29 is 29.0 Å². The van der Waals surface area contributed by atoms with Crippen LogP contribution in [0.3, 0.4) is 0 Å². The molecule has 3 fully saturated rings. The molecular weight excluding hydrogens is 496 g/mol. The molecule has 1 N–H and O–H groups in total. The molecule has 7 atom stereocenters. The summed E-state index contributed by atoms with van der Waals surface area (Å²) in [5, 5.41) is 10.5. The number of esters is 1. The van der Waals surface area contributed by atoms with Crippen molar-refractivity contribution in [3.05, 3.63) is 25.3 Å². The Bertz CT molecular complexity index is 921. The van der Waals surface area contributed by atoms with Crippen LogP contribution in [-0.4, -0.2) is 81.8 Å². The molecule has 39 heavy (non-hydrogen) atoms. The fraction of sp³-hybridized carbons (Fsp3) is 0.774. The maximum atomic E-state index is 14.5. The molecule has 0 aromatic rings. The van der Waals surface area contributed by atoms with Crippen LogP contribution in [0.15, 0.2) is 25.3 Å². The lowest BCUT2D eigenvalue weighted by Gasteiger charge is -2.41. The Labute approximate surface area is 234 Å². The van der Waals surface area contributed by atoms with E-state index in [1.54, 1.807) is 22.0 Å². The molecule has 2 amide bonds. The van der Waals surface area contributed by atoms with E-state index < -0.39 is 41.1 Å². The van der Waals surface area contributed by atoms with Gasteiger partial charge in [-0.15, -0.1) is 13.2 Å². The number of hydrogen-bond acceptors (Lipinski definition) is 6. The van der Waals surface area contributed by atoms with Gasteiger partial charge in [0, 0.05) is 12.6 Å². The molecular formula is C31H50N2O6. The summed E-state index contributed by atoms with van der Waals surface area (Å²) in [7, 11) is 0. The smallest absolute Gasteiger partial charge is 0.312 e. The van der Waals surface area contributed by atoms with Gasteiger partial charge in [0.2, 0.25) is 11.8 Å². The van der Waals surface area contributed by atoms with Crippen LogP contribution in [0, 0.1) is 17.8 Å². The number of aliphatic hydroxyl groups is 1. The van der Waals surface area contributed by atoms with E-state index in [0.717, 1.165) is 19.3 Å². The third-order valence-corrected chi connectivity index (χ3v) is 9.10. The zero-order valence-electron chi connectivity index (χ0n) is 24.7. The molecule has 3 unspecified atom stereocenters. The highest BCUT2D eigenvalue weighted by Gasteiger charge is 2.79.